The van der Waals surface area contributed by atoms with E-state index in [0.29, 0.717) is 15.6 Å². The van der Waals surface area contributed by atoms with Gasteiger partial charge in [-0.15, -0.1) is 0 Å². The third-order valence-corrected chi connectivity index (χ3v) is 2.99. The molecule has 1 aliphatic heterocycles. The minimum absolute atomic E-state index is 0.136. The molecule has 1 fully saturated rings. The number of hydrogen-bond acceptors (Lipinski definition) is 3. The average molecular weight is 288 g/mol. The number of β-amino-alcohol motifs (C(OH)–C–C–N with tert-alkyl or cyclic N) is 1. The highest BCUT2D eigenvalue weighted by atomic mass is 35.5. The van der Waals surface area contributed by atoms with Gasteiger partial charge >= 0.3 is 0 Å². The predicted octanol–water partition coefficient (Wildman–Crippen LogP) is 2.14. The molecule has 18 heavy (non-hydrogen) atoms. The molecule has 2 rings (SSSR count). The van der Waals surface area contributed by atoms with Crippen LogP contribution in [0.25, 0.3) is 6.08 Å². The zero-order chi connectivity index (χ0) is 13.1. The van der Waals surface area contributed by atoms with Crippen molar-refractivity contribution in [3.8, 4) is 0 Å². The quantitative estimate of drug-likeness (QED) is 0.848. The van der Waals surface area contributed by atoms with Gasteiger partial charge in [-0.25, -0.2) is 5.06 Å². The summed E-state index contributed by atoms with van der Waals surface area (Å²) in [5, 5.41) is 11.4. The van der Waals surface area contributed by atoms with Crippen molar-refractivity contribution < 1.29 is 14.7 Å². The van der Waals surface area contributed by atoms with Crippen LogP contribution in [0.3, 0.4) is 0 Å². The zero-order valence-electron chi connectivity index (χ0n) is 9.35. The maximum Gasteiger partial charge on any atom is 0.270 e. The maximum absolute atomic E-state index is 11.7. The fourth-order valence-electron chi connectivity index (χ4n) is 1.51. The first kappa shape index (κ1) is 13.4. The molecule has 1 aromatic carbocycles. The van der Waals surface area contributed by atoms with Gasteiger partial charge in [0.25, 0.3) is 5.91 Å². The first-order valence-electron chi connectivity index (χ1n) is 5.32. The maximum atomic E-state index is 11.7. The standard InChI is InChI=1S/C12H11Cl2NO3/c13-9-2-3-11(14)8(5-9)1-4-12(17)15-6-10(16)7-18-15/h1-5,10,16H,6-7H2/b4-1+/t10-/m1/s1. The van der Waals surface area contributed by atoms with E-state index in [1.54, 1.807) is 24.3 Å². The van der Waals surface area contributed by atoms with Crippen LogP contribution in [0, 0.1) is 0 Å². The average Bonchev–Trinajstić information content (AvgIpc) is 2.77. The van der Waals surface area contributed by atoms with Crippen molar-refractivity contribution in [3.05, 3.63) is 39.9 Å². The van der Waals surface area contributed by atoms with Gasteiger partial charge in [0.1, 0.15) is 12.7 Å². The Hall–Kier alpha value is -1.07. The third kappa shape index (κ3) is 3.23. The summed E-state index contributed by atoms with van der Waals surface area (Å²) in [5.74, 6) is -0.345. The van der Waals surface area contributed by atoms with Gasteiger partial charge in [-0.05, 0) is 29.8 Å². The monoisotopic (exact) mass is 287 g/mol. The highest BCUT2D eigenvalue weighted by Crippen LogP contribution is 2.22. The van der Waals surface area contributed by atoms with Gasteiger partial charge < -0.3 is 5.11 Å². The summed E-state index contributed by atoms with van der Waals surface area (Å²) < 4.78 is 0. The molecule has 0 saturated carbocycles. The predicted molar refractivity (Wildman–Crippen MR) is 69.2 cm³/mol. The SMILES string of the molecule is O=C(/C=C/c1cc(Cl)ccc1Cl)N1C[C@@H](O)CO1. The molecule has 6 heteroatoms. The number of hydrogen-bond donors (Lipinski definition) is 1. The number of halogens is 2. The molecule has 0 unspecified atom stereocenters. The second-order valence-corrected chi connectivity index (χ2v) is 4.69. The summed E-state index contributed by atoms with van der Waals surface area (Å²) in [6.45, 7) is 0.309. The van der Waals surface area contributed by atoms with Crippen molar-refractivity contribution in [3.63, 3.8) is 0 Å². The number of nitrogens with zero attached hydrogens (tertiary/aromatic N) is 1. The Balaban J connectivity index is 2.06. The lowest BCUT2D eigenvalue weighted by Gasteiger charge is -2.10. The van der Waals surface area contributed by atoms with Crippen molar-refractivity contribution in [1.82, 2.24) is 5.06 Å². The number of aliphatic hydroxyl groups is 1. The van der Waals surface area contributed by atoms with E-state index in [1.807, 2.05) is 0 Å². The van der Waals surface area contributed by atoms with E-state index in [-0.39, 0.29) is 19.1 Å². The van der Waals surface area contributed by atoms with Crippen LogP contribution in [0.5, 0.6) is 0 Å². The van der Waals surface area contributed by atoms with E-state index in [0.717, 1.165) is 5.06 Å². The Morgan fingerprint density at radius 1 is 1.50 bits per heavy atom. The fraction of sp³-hybridized carbons (Fsp3) is 0.250. The molecule has 96 valence electrons. The Morgan fingerprint density at radius 2 is 2.28 bits per heavy atom. The molecule has 0 aliphatic carbocycles. The van der Waals surface area contributed by atoms with Crippen molar-refractivity contribution >= 4 is 35.2 Å². The number of rotatable bonds is 2. The van der Waals surface area contributed by atoms with Crippen LogP contribution in [0.2, 0.25) is 10.0 Å². The summed E-state index contributed by atoms with van der Waals surface area (Å²) in [4.78, 5) is 16.7. The lowest BCUT2D eigenvalue weighted by atomic mass is 10.2. The summed E-state index contributed by atoms with van der Waals surface area (Å²) in [6, 6.07) is 4.99. The molecule has 0 radical (unpaired) electrons. The molecular formula is C12H11Cl2NO3. The Kier molecular flexibility index (Phi) is 4.24. The molecule has 1 aromatic rings. The van der Waals surface area contributed by atoms with Gasteiger partial charge in [-0.1, -0.05) is 23.2 Å². The molecular weight excluding hydrogens is 277 g/mol. The van der Waals surface area contributed by atoms with E-state index in [2.05, 4.69) is 0 Å². The second-order valence-electron chi connectivity index (χ2n) is 3.85. The van der Waals surface area contributed by atoms with Crippen LogP contribution < -0.4 is 0 Å². The normalized spacial score (nSPS) is 19.7. The highest BCUT2D eigenvalue weighted by molar-refractivity contribution is 6.34. The topological polar surface area (TPSA) is 49.8 Å². The number of carbonyl (C=O) groups is 1. The largest absolute Gasteiger partial charge is 0.389 e. The van der Waals surface area contributed by atoms with Gasteiger partial charge in [-0.2, -0.15) is 0 Å². The number of benzene rings is 1. The van der Waals surface area contributed by atoms with Crippen LogP contribution in [-0.2, 0) is 9.63 Å². The molecule has 1 heterocycles. The van der Waals surface area contributed by atoms with Crippen molar-refractivity contribution in [2.75, 3.05) is 13.2 Å². The van der Waals surface area contributed by atoms with Crippen LogP contribution in [0.4, 0.5) is 0 Å². The number of hydroxylamine groups is 2. The van der Waals surface area contributed by atoms with Gasteiger partial charge in [0.2, 0.25) is 0 Å². The molecule has 0 aromatic heterocycles. The molecule has 4 nitrogen and oxygen atoms in total. The minimum atomic E-state index is -0.628. The van der Waals surface area contributed by atoms with Crippen LogP contribution in [0.15, 0.2) is 24.3 Å². The van der Waals surface area contributed by atoms with Crippen LogP contribution >= 0.6 is 23.2 Å². The summed E-state index contributed by atoms with van der Waals surface area (Å²) >= 11 is 11.8. The molecule has 1 aliphatic rings. The van der Waals surface area contributed by atoms with Crippen LogP contribution in [-0.4, -0.2) is 35.3 Å². The van der Waals surface area contributed by atoms with Crippen molar-refractivity contribution in [2.45, 2.75) is 6.10 Å². The van der Waals surface area contributed by atoms with E-state index >= 15 is 0 Å². The molecule has 1 atom stereocenters. The van der Waals surface area contributed by atoms with Gasteiger partial charge in [0.05, 0.1) is 6.54 Å². The van der Waals surface area contributed by atoms with E-state index < -0.39 is 6.10 Å². The van der Waals surface area contributed by atoms with E-state index in [1.165, 1.54) is 6.08 Å². The number of carbonyl (C=O) groups excluding carboxylic acids is 1. The molecule has 0 bridgehead atoms. The Labute approximate surface area is 114 Å². The van der Waals surface area contributed by atoms with Crippen molar-refractivity contribution in [2.24, 2.45) is 0 Å². The molecule has 1 amide bonds. The number of aliphatic hydroxyl groups excluding tert-OH is 1. The van der Waals surface area contributed by atoms with Gasteiger partial charge in [0, 0.05) is 16.1 Å². The summed E-state index contributed by atoms with van der Waals surface area (Å²) in [6.07, 6.45) is 2.26. The first-order chi connectivity index (χ1) is 8.56. The van der Waals surface area contributed by atoms with E-state index in [9.17, 15) is 9.90 Å². The van der Waals surface area contributed by atoms with Crippen molar-refractivity contribution in [1.29, 1.82) is 0 Å². The Bertz CT molecular complexity index is 490. The number of amides is 1. The molecule has 1 saturated heterocycles. The minimum Gasteiger partial charge on any atom is -0.389 e. The zero-order valence-corrected chi connectivity index (χ0v) is 10.9. The fourth-order valence-corrected chi connectivity index (χ4v) is 1.87. The summed E-state index contributed by atoms with van der Waals surface area (Å²) in [5.41, 5.74) is 0.650. The van der Waals surface area contributed by atoms with E-state index in [4.69, 9.17) is 28.0 Å². The van der Waals surface area contributed by atoms with Gasteiger partial charge in [0.15, 0.2) is 0 Å². The molecule has 1 N–H and O–H groups in total. The Morgan fingerprint density at radius 3 is 2.94 bits per heavy atom. The first-order valence-corrected chi connectivity index (χ1v) is 6.07. The molecule has 0 spiro atoms. The lowest BCUT2D eigenvalue weighted by Crippen LogP contribution is -2.26. The summed E-state index contributed by atoms with van der Waals surface area (Å²) in [7, 11) is 0. The smallest absolute Gasteiger partial charge is 0.270 e. The lowest BCUT2D eigenvalue weighted by molar-refractivity contribution is -0.162. The van der Waals surface area contributed by atoms with Gasteiger partial charge in [-0.3, -0.25) is 9.63 Å². The van der Waals surface area contributed by atoms with Crippen LogP contribution in [0.1, 0.15) is 5.56 Å². The highest BCUT2D eigenvalue weighted by Gasteiger charge is 2.24. The third-order valence-electron chi connectivity index (χ3n) is 2.41. The second kappa shape index (κ2) is 5.71.